The highest BCUT2D eigenvalue weighted by Gasteiger charge is 2.22. The van der Waals surface area contributed by atoms with Gasteiger partial charge in [0.2, 0.25) is 5.91 Å². The molecule has 0 aliphatic heterocycles. The molecule has 1 N–H and O–H groups in total. The van der Waals surface area contributed by atoms with E-state index in [2.05, 4.69) is 12.2 Å². The van der Waals surface area contributed by atoms with Gasteiger partial charge in [0.05, 0.1) is 7.11 Å². The van der Waals surface area contributed by atoms with Crippen molar-refractivity contribution in [2.75, 3.05) is 12.4 Å². The Morgan fingerprint density at radius 2 is 1.87 bits per heavy atom. The number of thiophene rings is 1. The van der Waals surface area contributed by atoms with Crippen molar-refractivity contribution in [2.24, 2.45) is 5.92 Å². The van der Waals surface area contributed by atoms with Crippen LogP contribution in [0.4, 0.5) is 5.00 Å². The minimum absolute atomic E-state index is 0.120. The van der Waals surface area contributed by atoms with Gasteiger partial charge in [0, 0.05) is 16.9 Å². The molecule has 4 nitrogen and oxygen atoms in total. The summed E-state index contributed by atoms with van der Waals surface area (Å²) < 4.78 is 4.90. The van der Waals surface area contributed by atoms with E-state index in [1.165, 1.54) is 24.0 Å². The lowest BCUT2D eigenvalue weighted by atomic mass is 10.0. The van der Waals surface area contributed by atoms with Crippen molar-refractivity contribution < 1.29 is 14.3 Å². The second kappa shape index (κ2) is 7.42. The highest BCUT2D eigenvalue weighted by molar-refractivity contribution is 7.15. The number of aryl methyl sites for hydroxylation is 1. The van der Waals surface area contributed by atoms with Crippen molar-refractivity contribution in [3.05, 3.63) is 40.8 Å². The van der Waals surface area contributed by atoms with Crippen LogP contribution in [-0.2, 0) is 16.0 Å². The molecule has 23 heavy (non-hydrogen) atoms. The number of hydrogen-bond donors (Lipinski definition) is 1. The molecular formula is C18H21NO3S. The van der Waals surface area contributed by atoms with Crippen LogP contribution in [0.5, 0.6) is 0 Å². The van der Waals surface area contributed by atoms with E-state index < -0.39 is 5.97 Å². The molecule has 2 aromatic rings. The predicted octanol–water partition coefficient (Wildman–Crippen LogP) is 4.36. The number of ether oxygens (including phenoxy) is 1. The molecule has 2 rings (SSSR count). The molecule has 0 aliphatic carbocycles. The summed E-state index contributed by atoms with van der Waals surface area (Å²) in [6.07, 6.45) is 0.962. The molecule has 122 valence electrons. The fraction of sp³-hybridized carbons (Fsp3) is 0.333. The molecule has 0 saturated heterocycles. The fourth-order valence-corrected chi connectivity index (χ4v) is 3.10. The average molecular weight is 331 g/mol. The first-order chi connectivity index (χ1) is 11.0. The SMILES string of the molecule is CCc1ccc(-c2csc(NC(=O)C(C)C)c2C(=O)OC)cc1. The molecule has 0 bridgehead atoms. The third-order valence-corrected chi connectivity index (χ3v) is 4.51. The lowest BCUT2D eigenvalue weighted by molar-refractivity contribution is -0.118. The van der Waals surface area contributed by atoms with E-state index in [9.17, 15) is 9.59 Å². The maximum absolute atomic E-state index is 12.2. The van der Waals surface area contributed by atoms with Gasteiger partial charge in [-0.15, -0.1) is 11.3 Å². The summed E-state index contributed by atoms with van der Waals surface area (Å²) in [5.74, 6) is -0.723. The second-order valence-corrected chi connectivity index (χ2v) is 6.42. The van der Waals surface area contributed by atoms with E-state index in [4.69, 9.17) is 4.74 Å². The van der Waals surface area contributed by atoms with Gasteiger partial charge in [-0.1, -0.05) is 45.0 Å². The quantitative estimate of drug-likeness (QED) is 0.828. The smallest absolute Gasteiger partial charge is 0.341 e. The minimum Gasteiger partial charge on any atom is -0.465 e. The van der Waals surface area contributed by atoms with Gasteiger partial charge in [0.25, 0.3) is 0 Å². The Bertz CT molecular complexity index is 702. The summed E-state index contributed by atoms with van der Waals surface area (Å²) in [7, 11) is 1.35. The van der Waals surface area contributed by atoms with E-state index in [0.717, 1.165) is 17.5 Å². The van der Waals surface area contributed by atoms with E-state index in [0.29, 0.717) is 10.6 Å². The molecular weight excluding hydrogens is 310 g/mol. The van der Waals surface area contributed by atoms with Gasteiger partial charge < -0.3 is 10.1 Å². The Kier molecular flexibility index (Phi) is 5.55. The summed E-state index contributed by atoms with van der Waals surface area (Å²) in [5, 5.41) is 5.23. The van der Waals surface area contributed by atoms with Crippen LogP contribution in [0.15, 0.2) is 29.6 Å². The number of benzene rings is 1. The van der Waals surface area contributed by atoms with E-state index >= 15 is 0 Å². The fourth-order valence-electron chi connectivity index (χ4n) is 2.14. The second-order valence-electron chi connectivity index (χ2n) is 5.54. The zero-order valence-electron chi connectivity index (χ0n) is 13.8. The molecule has 0 unspecified atom stereocenters. The van der Waals surface area contributed by atoms with Gasteiger partial charge in [-0.2, -0.15) is 0 Å². The van der Waals surface area contributed by atoms with Crippen LogP contribution in [0.1, 0.15) is 36.7 Å². The van der Waals surface area contributed by atoms with Crippen molar-refractivity contribution in [3.8, 4) is 11.1 Å². The van der Waals surface area contributed by atoms with Crippen LogP contribution in [0, 0.1) is 5.92 Å². The lowest BCUT2D eigenvalue weighted by Crippen LogP contribution is -2.18. The molecule has 0 radical (unpaired) electrons. The van der Waals surface area contributed by atoms with E-state index in [-0.39, 0.29) is 11.8 Å². The lowest BCUT2D eigenvalue weighted by Gasteiger charge is -2.09. The third kappa shape index (κ3) is 3.79. The number of methoxy groups -OCH3 is 1. The topological polar surface area (TPSA) is 55.4 Å². The van der Waals surface area contributed by atoms with Crippen molar-refractivity contribution >= 4 is 28.2 Å². The molecule has 0 saturated carbocycles. The summed E-state index contributed by atoms with van der Waals surface area (Å²) in [6.45, 7) is 5.72. The summed E-state index contributed by atoms with van der Waals surface area (Å²) in [6, 6.07) is 8.06. The Hall–Kier alpha value is -2.14. The number of amides is 1. The van der Waals surface area contributed by atoms with Crippen LogP contribution in [0.3, 0.4) is 0 Å². The Balaban J connectivity index is 2.44. The molecule has 1 aromatic heterocycles. The van der Waals surface area contributed by atoms with Crippen molar-refractivity contribution in [1.82, 2.24) is 0 Å². The zero-order chi connectivity index (χ0) is 17.0. The van der Waals surface area contributed by atoms with Gasteiger partial charge in [0.15, 0.2) is 0 Å². The average Bonchev–Trinajstić information content (AvgIpc) is 2.97. The van der Waals surface area contributed by atoms with Crippen LogP contribution < -0.4 is 5.32 Å². The third-order valence-electron chi connectivity index (χ3n) is 3.61. The van der Waals surface area contributed by atoms with Crippen LogP contribution in [0.2, 0.25) is 0 Å². The Labute approximate surface area is 140 Å². The number of rotatable bonds is 5. The maximum Gasteiger partial charge on any atom is 0.341 e. The monoisotopic (exact) mass is 331 g/mol. The van der Waals surface area contributed by atoms with Crippen LogP contribution >= 0.6 is 11.3 Å². The number of carbonyl (C=O) groups is 2. The van der Waals surface area contributed by atoms with Crippen molar-refractivity contribution in [3.63, 3.8) is 0 Å². The standard InChI is InChI=1S/C18H21NO3S/c1-5-12-6-8-13(9-7-12)14-10-23-17(15(14)18(21)22-4)19-16(20)11(2)3/h6-11H,5H2,1-4H3,(H,19,20). The van der Waals surface area contributed by atoms with Gasteiger partial charge in [-0.05, 0) is 17.5 Å². The first-order valence-electron chi connectivity index (χ1n) is 7.57. The number of hydrogen-bond acceptors (Lipinski definition) is 4. The molecule has 0 spiro atoms. The largest absolute Gasteiger partial charge is 0.465 e. The first-order valence-corrected chi connectivity index (χ1v) is 8.45. The summed E-state index contributed by atoms with van der Waals surface area (Å²) in [4.78, 5) is 24.1. The molecule has 0 fully saturated rings. The van der Waals surface area contributed by atoms with Gasteiger partial charge in [-0.3, -0.25) is 4.79 Å². The summed E-state index contributed by atoms with van der Waals surface area (Å²) >= 11 is 1.34. The molecule has 1 amide bonds. The van der Waals surface area contributed by atoms with Crippen molar-refractivity contribution in [2.45, 2.75) is 27.2 Å². The van der Waals surface area contributed by atoms with Gasteiger partial charge in [-0.25, -0.2) is 4.79 Å². The van der Waals surface area contributed by atoms with E-state index in [1.807, 2.05) is 43.5 Å². The zero-order valence-corrected chi connectivity index (χ0v) is 14.6. The highest BCUT2D eigenvalue weighted by Crippen LogP contribution is 2.36. The number of anilines is 1. The summed E-state index contributed by atoms with van der Waals surface area (Å²) in [5.41, 5.74) is 3.36. The van der Waals surface area contributed by atoms with Gasteiger partial charge >= 0.3 is 5.97 Å². The Morgan fingerprint density at radius 1 is 1.22 bits per heavy atom. The molecule has 1 aromatic carbocycles. The molecule has 0 atom stereocenters. The van der Waals surface area contributed by atoms with E-state index in [1.54, 1.807) is 0 Å². The molecule has 0 aliphatic rings. The van der Waals surface area contributed by atoms with Gasteiger partial charge in [0.1, 0.15) is 10.6 Å². The minimum atomic E-state index is -0.445. The first kappa shape index (κ1) is 17.2. The van der Waals surface area contributed by atoms with Crippen LogP contribution in [0.25, 0.3) is 11.1 Å². The Morgan fingerprint density at radius 3 is 2.39 bits per heavy atom. The number of carbonyl (C=O) groups excluding carboxylic acids is 2. The predicted molar refractivity (Wildman–Crippen MR) is 93.9 cm³/mol. The molecule has 1 heterocycles. The number of nitrogens with one attached hydrogen (secondary N) is 1. The van der Waals surface area contributed by atoms with Crippen LogP contribution in [-0.4, -0.2) is 19.0 Å². The number of esters is 1. The molecule has 5 heteroatoms. The maximum atomic E-state index is 12.2. The normalized spacial score (nSPS) is 10.7. The van der Waals surface area contributed by atoms with Crippen molar-refractivity contribution in [1.29, 1.82) is 0 Å². The highest BCUT2D eigenvalue weighted by atomic mass is 32.1.